The van der Waals surface area contributed by atoms with Crippen LogP contribution in [-0.4, -0.2) is 12.3 Å². The van der Waals surface area contributed by atoms with Crippen LogP contribution in [0.4, 0.5) is 0 Å². The van der Waals surface area contributed by atoms with E-state index in [-0.39, 0.29) is 0 Å². The molecule has 0 aromatic rings. The molecule has 0 aromatic heterocycles. The van der Waals surface area contributed by atoms with Crippen molar-refractivity contribution in [1.82, 2.24) is 0 Å². The Hall–Kier alpha value is -0.970. The van der Waals surface area contributed by atoms with Gasteiger partial charge in [-0.3, -0.25) is 0 Å². The molecule has 0 heterocycles. The number of terminal acetylenes is 1. The molecule has 64 valence electrons. The quantitative estimate of drug-likeness (QED) is 0.345. The average Bonchev–Trinajstić information content (AvgIpc) is 2.84. The van der Waals surface area contributed by atoms with E-state index in [1.54, 1.807) is 0 Å². The first-order valence-electron chi connectivity index (χ1n) is 4.54. The van der Waals surface area contributed by atoms with E-state index >= 15 is 0 Å². The number of hydrogen-bond acceptors (Lipinski definition) is 2. The zero-order valence-corrected chi connectivity index (χ0v) is 7.12. The van der Waals surface area contributed by atoms with Gasteiger partial charge in [0.2, 0.25) is 0 Å². The Morgan fingerprint density at radius 3 is 3.42 bits per heavy atom. The molecule has 2 rings (SSSR count). The summed E-state index contributed by atoms with van der Waals surface area (Å²) in [6, 6.07) is 0. The molecular weight excluding hydrogens is 150 g/mol. The van der Waals surface area contributed by atoms with Gasteiger partial charge < -0.3 is 4.84 Å². The van der Waals surface area contributed by atoms with Gasteiger partial charge in [0.05, 0.1) is 5.71 Å². The molecule has 2 saturated carbocycles. The van der Waals surface area contributed by atoms with Gasteiger partial charge in [0, 0.05) is 5.92 Å². The summed E-state index contributed by atoms with van der Waals surface area (Å²) in [4.78, 5) is 4.97. The standard InChI is InChI=1S/C10H13NO/c1-2-6-12-11-10-5-3-4-8-7-9(8)10/h1,8-9H,3-7H2/b11-10-/t8-,9+/m0/s1. The second kappa shape index (κ2) is 3.18. The fraction of sp³-hybridized carbons (Fsp3) is 0.700. The van der Waals surface area contributed by atoms with Crippen molar-refractivity contribution in [2.24, 2.45) is 17.0 Å². The zero-order valence-electron chi connectivity index (χ0n) is 7.12. The molecule has 2 aliphatic carbocycles. The van der Waals surface area contributed by atoms with Crippen LogP contribution in [0.5, 0.6) is 0 Å². The molecule has 2 aliphatic rings. The maximum atomic E-state index is 5.04. The molecule has 0 aliphatic heterocycles. The van der Waals surface area contributed by atoms with Gasteiger partial charge in [-0.2, -0.15) is 0 Å². The maximum Gasteiger partial charge on any atom is 0.177 e. The van der Waals surface area contributed by atoms with Crippen LogP contribution in [0.3, 0.4) is 0 Å². The van der Waals surface area contributed by atoms with Crippen molar-refractivity contribution >= 4 is 5.71 Å². The van der Waals surface area contributed by atoms with Crippen LogP contribution < -0.4 is 0 Å². The van der Waals surface area contributed by atoms with Crippen LogP contribution in [0.25, 0.3) is 0 Å². The van der Waals surface area contributed by atoms with Gasteiger partial charge in [-0.25, -0.2) is 0 Å². The highest BCUT2D eigenvalue weighted by Gasteiger charge is 2.43. The minimum atomic E-state index is 0.306. The monoisotopic (exact) mass is 163 g/mol. The van der Waals surface area contributed by atoms with Crippen molar-refractivity contribution < 1.29 is 4.84 Å². The third-order valence-corrected chi connectivity index (χ3v) is 2.69. The number of oxime groups is 1. The molecule has 2 nitrogen and oxygen atoms in total. The Balaban J connectivity index is 1.86. The first kappa shape index (κ1) is 7.67. The lowest BCUT2D eigenvalue weighted by atomic mass is 9.99. The molecule has 0 N–H and O–H groups in total. The summed E-state index contributed by atoms with van der Waals surface area (Å²) in [5.74, 6) is 4.08. The number of nitrogens with zero attached hydrogens (tertiary/aromatic N) is 1. The normalized spacial score (nSPS) is 35.4. The molecule has 2 atom stereocenters. The predicted octanol–water partition coefficient (Wildman–Crippen LogP) is 1.81. The molecule has 0 spiro atoms. The lowest BCUT2D eigenvalue weighted by Gasteiger charge is -2.10. The van der Waals surface area contributed by atoms with Gasteiger partial charge in [0.1, 0.15) is 0 Å². The van der Waals surface area contributed by atoms with E-state index in [1.807, 2.05) is 0 Å². The van der Waals surface area contributed by atoms with Gasteiger partial charge in [-0.15, -0.1) is 6.42 Å². The molecule has 0 saturated heterocycles. The second-order valence-corrected chi connectivity index (χ2v) is 3.55. The molecule has 0 radical (unpaired) electrons. The topological polar surface area (TPSA) is 21.6 Å². The SMILES string of the molecule is C#CCO/N=C1/CCC[C@H]2C[C@@H]12. The maximum absolute atomic E-state index is 5.04. The minimum Gasteiger partial charge on any atom is -0.383 e. The predicted molar refractivity (Wildman–Crippen MR) is 47.7 cm³/mol. The Morgan fingerprint density at radius 1 is 1.67 bits per heavy atom. The summed E-state index contributed by atoms with van der Waals surface area (Å²) in [5.41, 5.74) is 1.25. The van der Waals surface area contributed by atoms with Crippen molar-refractivity contribution in [2.45, 2.75) is 25.7 Å². The van der Waals surface area contributed by atoms with Crippen molar-refractivity contribution in [3.8, 4) is 12.3 Å². The minimum absolute atomic E-state index is 0.306. The summed E-state index contributed by atoms with van der Waals surface area (Å²) in [6.07, 6.45) is 10.2. The van der Waals surface area contributed by atoms with E-state index in [0.717, 1.165) is 18.3 Å². The van der Waals surface area contributed by atoms with E-state index < -0.39 is 0 Å². The molecule has 0 unspecified atom stereocenters. The van der Waals surface area contributed by atoms with E-state index in [0.29, 0.717) is 6.61 Å². The molecule has 0 bridgehead atoms. The Bertz CT molecular complexity index is 239. The summed E-state index contributed by atoms with van der Waals surface area (Å²) in [6.45, 7) is 0.306. The first-order valence-corrected chi connectivity index (χ1v) is 4.54. The number of fused-ring (bicyclic) bond motifs is 1. The van der Waals surface area contributed by atoms with E-state index in [1.165, 1.54) is 25.0 Å². The van der Waals surface area contributed by atoms with Crippen LogP contribution in [0.15, 0.2) is 5.16 Å². The van der Waals surface area contributed by atoms with Gasteiger partial charge in [-0.1, -0.05) is 11.1 Å². The first-order chi connectivity index (χ1) is 5.92. The van der Waals surface area contributed by atoms with Crippen LogP contribution >= 0.6 is 0 Å². The van der Waals surface area contributed by atoms with Crippen LogP contribution in [0, 0.1) is 24.2 Å². The third-order valence-electron chi connectivity index (χ3n) is 2.69. The molecule has 2 fully saturated rings. The fourth-order valence-corrected chi connectivity index (χ4v) is 1.97. The van der Waals surface area contributed by atoms with Crippen LogP contribution in [0.1, 0.15) is 25.7 Å². The van der Waals surface area contributed by atoms with Gasteiger partial charge in [0.15, 0.2) is 6.61 Å². The van der Waals surface area contributed by atoms with Crippen LogP contribution in [0.2, 0.25) is 0 Å². The van der Waals surface area contributed by atoms with Gasteiger partial charge >= 0.3 is 0 Å². The molecule has 0 amide bonds. The average molecular weight is 163 g/mol. The summed E-state index contributed by atoms with van der Waals surface area (Å²) < 4.78 is 0. The highest BCUT2D eigenvalue weighted by Crippen LogP contribution is 2.47. The summed E-state index contributed by atoms with van der Waals surface area (Å²) in [5, 5.41) is 4.07. The molecule has 0 aromatic carbocycles. The Kier molecular flexibility index (Phi) is 2.03. The Morgan fingerprint density at radius 2 is 2.58 bits per heavy atom. The number of hydrogen-bond donors (Lipinski definition) is 0. The fourth-order valence-electron chi connectivity index (χ4n) is 1.97. The molecule has 2 heteroatoms. The van der Waals surface area contributed by atoms with Crippen molar-refractivity contribution in [1.29, 1.82) is 0 Å². The third kappa shape index (κ3) is 1.45. The van der Waals surface area contributed by atoms with Crippen molar-refractivity contribution in [2.75, 3.05) is 6.61 Å². The largest absolute Gasteiger partial charge is 0.383 e. The summed E-state index contributed by atoms with van der Waals surface area (Å²) in [7, 11) is 0. The van der Waals surface area contributed by atoms with Crippen LogP contribution in [-0.2, 0) is 4.84 Å². The van der Waals surface area contributed by atoms with Gasteiger partial charge in [0.25, 0.3) is 0 Å². The summed E-state index contributed by atoms with van der Waals surface area (Å²) >= 11 is 0. The highest BCUT2D eigenvalue weighted by atomic mass is 16.6. The van der Waals surface area contributed by atoms with E-state index in [9.17, 15) is 0 Å². The molecular formula is C10H13NO. The smallest absolute Gasteiger partial charge is 0.177 e. The van der Waals surface area contributed by atoms with E-state index in [2.05, 4.69) is 11.1 Å². The lowest BCUT2D eigenvalue weighted by molar-refractivity contribution is 0.177. The molecule has 12 heavy (non-hydrogen) atoms. The highest BCUT2D eigenvalue weighted by molar-refractivity contribution is 5.89. The van der Waals surface area contributed by atoms with E-state index in [4.69, 9.17) is 11.3 Å². The Labute approximate surface area is 73.0 Å². The lowest BCUT2D eigenvalue weighted by Crippen LogP contribution is -2.09. The van der Waals surface area contributed by atoms with Crippen molar-refractivity contribution in [3.05, 3.63) is 0 Å². The second-order valence-electron chi connectivity index (χ2n) is 3.55. The number of rotatable bonds is 2. The van der Waals surface area contributed by atoms with Crippen molar-refractivity contribution in [3.63, 3.8) is 0 Å². The van der Waals surface area contributed by atoms with Gasteiger partial charge in [-0.05, 0) is 31.6 Å². The zero-order chi connectivity index (χ0) is 8.39.